The zero-order chi connectivity index (χ0) is 33.2. The molecule has 16 heteroatoms. The van der Waals surface area contributed by atoms with Crippen LogP contribution in [0.4, 0.5) is 0 Å². The first-order valence-electron chi connectivity index (χ1n) is 15.6. The van der Waals surface area contributed by atoms with Gasteiger partial charge in [-0.3, -0.25) is 19.4 Å². The highest BCUT2D eigenvalue weighted by molar-refractivity contribution is 14.0. The molecule has 2 aromatic carbocycles. The zero-order valence-electron chi connectivity index (χ0n) is 27.6. The molecule has 0 aliphatic carbocycles. The molecular formula is C34H45Br2IN6O6S. The maximum Gasteiger partial charge on any atom is 0.261 e. The van der Waals surface area contributed by atoms with Crippen LogP contribution >= 0.6 is 67.6 Å². The van der Waals surface area contributed by atoms with E-state index in [1.807, 2.05) is 42.7 Å². The number of thioether (sulfide) groups is 1. The number of nitrogens with two attached hydrogens (primary N) is 1. The standard InChI is InChI=1S/C17H19BrN2O3S.C16H18BrN3O3.CH4.HI.H3N/c1-20-14(21)17(19-15(20)24-2)9-16(6-3-7-22-10-16)23-13-5-4-11(18)8-12(13)17;1-20-13(21)16(19-14(20)18)8-15(5-2-6-22-9-15)23-12-4-3-10(17)7-11(12)16;;;/h4-5,8H,3,6-7,9-10H2,1-2H3;3-4,7H,2,5-6,8-9H2,1H3,(H2,18,19);1H4;1H;1H3. The van der Waals surface area contributed by atoms with E-state index in [1.165, 1.54) is 16.7 Å². The fourth-order valence-electron chi connectivity index (χ4n) is 7.70. The molecule has 2 aromatic rings. The largest absolute Gasteiger partial charge is 0.484 e. The highest BCUT2D eigenvalue weighted by atomic mass is 127. The molecule has 2 amide bonds. The fraction of sp³-hybridized carbons (Fsp3) is 0.529. The molecule has 0 bridgehead atoms. The number of carbonyl (C=O) groups is 2. The van der Waals surface area contributed by atoms with Gasteiger partial charge in [-0.1, -0.05) is 51.0 Å². The maximum absolute atomic E-state index is 13.2. The van der Waals surface area contributed by atoms with E-state index in [1.54, 1.807) is 19.0 Å². The van der Waals surface area contributed by atoms with Crippen LogP contribution in [0.2, 0.25) is 0 Å². The second kappa shape index (κ2) is 15.2. The van der Waals surface area contributed by atoms with Crippen LogP contribution in [0.15, 0.2) is 55.3 Å². The minimum atomic E-state index is -1.02. The molecule has 2 fully saturated rings. The number of fused-ring (bicyclic) bond motifs is 4. The van der Waals surface area contributed by atoms with E-state index >= 15 is 0 Å². The van der Waals surface area contributed by atoms with Gasteiger partial charge in [-0.25, -0.2) is 9.98 Å². The van der Waals surface area contributed by atoms with Gasteiger partial charge in [0.05, 0.1) is 13.2 Å². The lowest BCUT2D eigenvalue weighted by Gasteiger charge is -2.46. The van der Waals surface area contributed by atoms with Crippen LogP contribution in [0.5, 0.6) is 11.5 Å². The molecular weight excluding hydrogens is 907 g/mol. The number of rotatable bonds is 0. The van der Waals surface area contributed by atoms with Crippen LogP contribution in [0.25, 0.3) is 0 Å². The third-order valence-corrected chi connectivity index (χ3v) is 11.6. The van der Waals surface area contributed by atoms with Gasteiger partial charge in [0, 0.05) is 60.2 Å². The van der Waals surface area contributed by atoms with Crippen molar-refractivity contribution in [3.05, 3.63) is 56.5 Å². The van der Waals surface area contributed by atoms with Gasteiger partial charge in [0.1, 0.15) is 22.7 Å². The number of amidine groups is 1. The smallest absolute Gasteiger partial charge is 0.261 e. The van der Waals surface area contributed by atoms with Crippen molar-refractivity contribution in [1.29, 1.82) is 0 Å². The van der Waals surface area contributed by atoms with Crippen LogP contribution in [0.1, 0.15) is 57.1 Å². The zero-order valence-corrected chi connectivity index (χ0v) is 33.9. The summed E-state index contributed by atoms with van der Waals surface area (Å²) in [5, 5.41) is 0.750. The summed E-state index contributed by atoms with van der Waals surface area (Å²) in [6.45, 7) is 2.45. The molecule has 6 heterocycles. The SMILES string of the molecule is C.CN1C(=O)C2(CC3(CCCOC3)Oc3ccc(Br)cc32)N=C1N.CSC1=NC2(CC3(CCCOC3)Oc3ccc(Br)cc32)C(=O)N1C.I.N. The van der Waals surface area contributed by atoms with E-state index in [2.05, 4.69) is 36.9 Å². The Bertz CT molecular complexity index is 1700. The fourth-order valence-corrected chi connectivity index (χ4v) is 9.02. The molecule has 274 valence electrons. The number of carbonyl (C=O) groups excluding carboxylic acids is 2. The predicted molar refractivity (Wildman–Crippen MR) is 213 cm³/mol. The van der Waals surface area contributed by atoms with E-state index < -0.39 is 22.3 Å². The molecule has 2 saturated heterocycles. The van der Waals surface area contributed by atoms with Gasteiger partial charge < -0.3 is 30.8 Å². The van der Waals surface area contributed by atoms with Gasteiger partial charge in [0.2, 0.25) is 0 Å². The van der Waals surface area contributed by atoms with Crippen LogP contribution < -0.4 is 21.4 Å². The summed E-state index contributed by atoms with van der Waals surface area (Å²) in [4.78, 5) is 38.8. The molecule has 0 radical (unpaired) electrons. The van der Waals surface area contributed by atoms with E-state index in [0.29, 0.717) is 31.8 Å². The van der Waals surface area contributed by atoms with Gasteiger partial charge >= 0.3 is 0 Å². The minimum Gasteiger partial charge on any atom is -0.484 e. The Morgan fingerprint density at radius 3 is 1.64 bits per heavy atom. The van der Waals surface area contributed by atoms with E-state index in [4.69, 9.17) is 29.7 Å². The van der Waals surface area contributed by atoms with E-state index in [-0.39, 0.29) is 55.3 Å². The third kappa shape index (κ3) is 6.70. The second-order valence-corrected chi connectivity index (χ2v) is 15.6. The summed E-state index contributed by atoms with van der Waals surface area (Å²) in [5.74, 6) is 1.57. The summed E-state index contributed by atoms with van der Waals surface area (Å²) in [6, 6.07) is 11.5. The van der Waals surface area contributed by atoms with Gasteiger partial charge in [-0.2, -0.15) is 0 Å². The molecule has 50 heavy (non-hydrogen) atoms. The summed E-state index contributed by atoms with van der Waals surface area (Å²) >= 11 is 8.49. The maximum atomic E-state index is 13.2. The normalized spacial score (nSPS) is 30.5. The Morgan fingerprint density at radius 1 is 0.800 bits per heavy atom. The number of halogens is 3. The highest BCUT2D eigenvalue weighted by Gasteiger charge is 2.60. The molecule has 6 aliphatic rings. The van der Waals surface area contributed by atoms with Crippen molar-refractivity contribution in [3.63, 3.8) is 0 Å². The quantitative estimate of drug-likeness (QED) is 0.287. The monoisotopic (exact) mass is 950 g/mol. The van der Waals surface area contributed by atoms with Crippen LogP contribution in [-0.2, 0) is 30.1 Å². The lowest BCUT2D eigenvalue weighted by molar-refractivity contribution is -0.139. The summed E-state index contributed by atoms with van der Waals surface area (Å²) in [5.41, 5.74) is 4.63. The number of hydrogen-bond donors (Lipinski definition) is 2. The Balaban J connectivity index is 0.000000212. The number of hydrogen-bond acceptors (Lipinski definition) is 11. The van der Waals surface area contributed by atoms with Crippen LogP contribution in [0.3, 0.4) is 0 Å². The number of nitrogens with zero attached hydrogens (tertiary/aromatic N) is 4. The van der Waals surface area contributed by atoms with E-state index in [0.717, 1.165) is 69.9 Å². The number of amides is 2. The number of guanidine groups is 1. The summed E-state index contributed by atoms with van der Waals surface area (Å²) < 4.78 is 25.8. The van der Waals surface area contributed by atoms with Gasteiger partial charge in [-0.05, 0) is 68.3 Å². The first kappa shape index (κ1) is 40.8. The van der Waals surface area contributed by atoms with Crippen molar-refractivity contribution in [2.45, 2.75) is 68.2 Å². The molecule has 4 atom stereocenters. The first-order valence-corrected chi connectivity index (χ1v) is 18.5. The van der Waals surface area contributed by atoms with Crippen LogP contribution in [-0.4, -0.2) is 90.7 Å². The Hall–Kier alpha value is -1.96. The molecule has 0 aromatic heterocycles. The van der Waals surface area contributed by atoms with Gasteiger partial charge in [0.25, 0.3) is 11.8 Å². The van der Waals surface area contributed by atoms with Gasteiger partial charge in [0.15, 0.2) is 22.2 Å². The van der Waals surface area contributed by atoms with Crippen molar-refractivity contribution in [1.82, 2.24) is 16.0 Å². The Morgan fingerprint density at radius 2 is 1.26 bits per heavy atom. The van der Waals surface area contributed by atoms with Crippen molar-refractivity contribution < 1.29 is 28.5 Å². The van der Waals surface area contributed by atoms with Crippen molar-refractivity contribution >= 4 is 90.5 Å². The Labute approximate surface area is 331 Å². The average molecular weight is 953 g/mol. The van der Waals surface area contributed by atoms with E-state index in [9.17, 15) is 9.59 Å². The Kier molecular flexibility index (Phi) is 12.4. The molecule has 6 aliphatic heterocycles. The van der Waals surface area contributed by atoms with Crippen molar-refractivity contribution in [2.75, 3.05) is 46.8 Å². The average Bonchev–Trinajstić information content (AvgIpc) is 3.42. The molecule has 8 rings (SSSR count). The number of aliphatic imine (C=N–C) groups is 2. The second-order valence-electron chi connectivity index (χ2n) is 13.0. The molecule has 4 spiro atoms. The van der Waals surface area contributed by atoms with Crippen molar-refractivity contribution in [3.8, 4) is 11.5 Å². The topological polar surface area (TPSA) is 163 Å². The minimum absolute atomic E-state index is 0. The summed E-state index contributed by atoms with van der Waals surface area (Å²) in [7, 11) is 3.46. The predicted octanol–water partition coefficient (Wildman–Crippen LogP) is 6.35. The molecule has 0 saturated carbocycles. The van der Waals surface area contributed by atoms with Gasteiger partial charge in [-0.15, -0.1) is 24.0 Å². The molecule has 12 nitrogen and oxygen atoms in total. The number of likely N-dealkylation sites (N-methyl/N-ethyl adjacent to an activating group) is 2. The summed E-state index contributed by atoms with van der Waals surface area (Å²) in [6.07, 6.45) is 6.49. The number of ether oxygens (including phenoxy) is 4. The lowest BCUT2D eigenvalue weighted by atomic mass is 9.74. The van der Waals surface area contributed by atoms with Crippen LogP contribution in [0, 0.1) is 0 Å². The van der Waals surface area contributed by atoms with Crippen molar-refractivity contribution in [2.24, 2.45) is 15.7 Å². The highest BCUT2D eigenvalue weighted by Crippen LogP contribution is 2.53. The first-order chi connectivity index (χ1) is 22.5. The molecule has 5 N–H and O–H groups in total. The third-order valence-electron chi connectivity index (χ3n) is 9.88. The molecule has 4 unspecified atom stereocenters. The number of benzene rings is 2. The lowest BCUT2D eigenvalue weighted by Crippen LogP contribution is -2.55.